The van der Waals surface area contributed by atoms with E-state index in [1.54, 1.807) is 13.8 Å². The first-order valence-electron chi connectivity index (χ1n) is 6.24. The molecule has 0 aromatic carbocycles. The van der Waals surface area contributed by atoms with Gasteiger partial charge in [0.2, 0.25) is 10.0 Å². The molecule has 1 fully saturated rings. The Kier molecular flexibility index (Phi) is 3.97. The van der Waals surface area contributed by atoms with Crippen LogP contribution in [0.5, 0.6) is 0 Å². The monoisotopic (exact) mass is 262 g/mol. The van der Waals surface area contributed by atoms with Gasteiger partial charge < -0.3 is 5.32 Å². The fraction of sp³-hybridized carbons (Fsp3) is 1.00. The zero-order chi connectivity index (χ0) is 13.5. The summed E-state index contributed by atoms with van der Waals surface area (Å²) in [5.41, 5.74) is -0.0716. The summed E-state index contributed by atoms with van der Waals surface area (Å²) in [5, 5.41) is 3.17. The highest BCUT2D eigenvalue weighted by Gasteiger charge is 2.39. The molecule has 0 aromatic rings. The topological polar surface area (TPSA) is 58.2 Å². The molecule has 17 heavy (non-hydrogen) atoms. The van der Waals surface area contributed by atoms with Crippen LogP contribution in [0.25, 0.3) is 0 Å². The number of hydrogen-bond donors (Lipinski definition) is 2. The Bertz CT molecular complexity index is 356. The fourth-order valence-electron chi connectivity index (χ4n) is 2.77. The molecule has 0 bridgehead atoms. The van der Waals surface area contributed by atoms with Crippen molar-refractivity contribution in [2.45, 2.75) is 76.8 Å². The maximum Gasteiger partial charge on any atom is 0.214 e. The van der Waals surface area contributed by atoms with Gasteiger partial charge in [-0.2, -0.15) is 0 Å². The highest BCUT2D eigenvalue weighted by Crippen LogP contribution is 2.29. The predicted molar refractivity (Wildman–Crippen MR) is 71.5 cm³/mol. The van der Waals surface area contributed by atoms with Gasteiger partial charge in [-0.1, -0.05) is 0 Å². The second-order valence-electron chi connectivity index (χ2n) is 6.71. The zero-order valence-corrected chi connectivity index (χ0v) is 12.6. The van der Waals surface area contributed by atoms with Crippen molar-refractivity contribution in [3.63, 3.8) is 0 Å². The SMILES string of the molecule is CC(C)S(=O)(=O)NC1CC(C)(C)NC(C)(C)C1. The van der Waals surface area contributed by atoms with Crippen LogP contribution in [-0.2, 0) is 10.0 Å². The molecule has 1 rings (SSSR count). The first kappa shape index (κ1) is 14.9. The summed E-state index contributed by atoms with van der Waals surface area (Å²) in [6.07, 6.45) is 1.64. The van der Waals surface area contributed by atoms with E-state index in [9.17, 15) is 8.42 Å². The minimum Gasteiger partial charge on any atom is -0.307 e. The standard InChI is InChI=1S/C12H26N2O2S/c1-9(2)17(15,16)13-10-7-11(3,4)14-12(5,6)8-10/h9-10,13-14H,7-8H2,1-6H3. The van der Waals surface area contributed by atoms with E-state index in [0.717, 1.165) is 12.8 Å². The molecule has 1 aliphatic heterocycles. The van der Waals surface area contributed by atoms with Crippen LogP contribution < -0.4 is 10.0 Å². The summed E-state index contributed by atoms with van der Waals surface area (Å²) in [5.74, 6) is 0. The lowest BCUT2D eigenvalue weighted by Crippen LogP contribution is -2.62. The van der Waals surface area contributed by atoms with Crippen molar-refractivity contribution in [2.75, 3.05) is 0 Å². The Balaban J connectivity index is 2.80. The van der Waals surface area contributed by atoms with Crippen LogP contribution in [0.2, 0.25) is 0 Å². The number of piperidine rings is 1. The predicted octanol–water partition coefficient (Wildman–Crippen LogP) is 1.62. The van der Waals surface area contributed by atoms with Crippen LogP contribution in [-0.4, -0.2) is 30.8 Å². The van der Waals surface area contributed by atoms with Crippen molar-refractivity contribution in [3.05, 3.63) is 0 Å². The highest BCUT2D eigenvalue weighted by molar-refractivity contribution is 7.90. The molecule has 1 heterocycles. The molecule has 0 aromatic heterocycles. The molecular weight excluding hydrogens is 236 g/mol. The highest BCUT2D eigenvalue weighted by atomic mass is 32.2. The van der Waals surface area contributed by atoms with E-state index in [2.05, 4.69) is 37.7 Å². The van der Waals surface area contributed by atoms with Gasteiger partial charge in [-0.3, -0.25) is 0 Å². The summed E-state index contributed by atoms with van der Waals surface area (Å²) in [6, 6.07) is 0.0219. The summed E-state index contributed by atoms with van der Waals surface area (Å²) in [6.45, 7) is 11.9. The van der Waals surface area contributed by atoms with Crippen LogP contribution in [0.15, 0.2) is 0 Å². The van der Waals surface area contributed by atoms with Crippen LogP contribution >= 0.6 is 0 Å². The van der Waals surface area contributed by atoms with E-state index in [-0.39, 0.29) is 22.4 Å². The first-order valence-corrected chi connectivity index (χ1v) is 7.79. The molecule has 0 atom stereocenters. The lowest BCUT2D eigenvalue weighted by atomic mass is 9.80. The molecule has 1 aliphatic rings. The van der Waals surface area contributed by atoms with E-state index in [0.29, 0.717) is 0 Å². The number of nitrogens with one attached hydrogen (secondary N) is 2. The van der Waals surface area contributed by atoms with Gasteiger partial charge in [-0.15, -0.1) is 0 Å². The van der Waals surface area contributed by atoms with E-state index < -0.39 is 10.0 Å². The molecule has 0 spiro atoms. The van der Waals surface area contributed by atoms with Gasteiger partial charge in [0.25, 0.3) is 0 Å². The molecule has 0 radical (unpaired) electrons. The zero-order valence-electron chi connectivity index (χ0n) is 11.8. The molecule has 0 saturated carbocycles. The molecular formula is C12H26N2O2S. The molecule has 5 heteroatoms. The summed E-state index contributed by atoms with van der Waals surface area (Å²) in [7, 11) is -3.18. The van der Waals surface area contributed by atoms with Gasteiger partial charge in [0, 0.05) is 17.1 Å². The maximum absolute atomic E-state index is 11.9. The smallest absolute Gasteiger partial charge is 0.214 e. The first-order chi connectivity index (χ1) is 7.44. The third-order valence-electron chi connectivity index (χ3n) is 3.14. The van der Waals surface area contributed by atoms with Crippen LogP contribution in [0, 0.1) is 0 Å². The second kappa shape index (κ2) is 4.52. The maximum atomic E-state index is 11.9. The van der Waals surface area contributed by atoms with Gasteiger partial charge in [-0.05, 0) is 54.4 Å². The summed E-state index contributed by atoms with van der Waals surface area (Å²) >= 11 is 0. The number of rotatable bonds is 3. The van der Waals surface area contributed by atoms with Gasteiger partial charge in [-0.25, -0.2) is 13.1 Å². The molecule has 0 amide bonds. The summed E-state index contributed by atoms with van der Waals surface area (Å²) in [4.78, 5) is 0. The lowest BCUT2D eigenvalue weighted by molar-refractivity contribution is 0.156. The largest absolute Gasteiger partial charge is 0.307 e. The summed E-state index contributed by atoms with van der Waals surface area (Å²) < 4.78 is 26.6. The van der Waals surface area contributed by atoms with E-state index in [1.807, 2.05) is 0 Å². The quantitative estimate of drug-likeness (QED) is 0.812. The third-order valence-corrected chi connectivity index (χ3v) is 5.04. The molecule has 2 N–H and O–H groups in total. The van der Waals surface area contributed by atoms with Gasteiger partial charge >= 0.3 is 0 Å². The fourth-order valence-corrected chi connectivity index (χ4v) is 3.68. The van der Waals surface area contributed by atoms with Crippen LogP contribution in [0.4, 0.5) is 0 Å². The van der Waals surface area contributed by atoms with Crippen LogP contribution in [0.1, 0.15) is 54.4 Å². The van der Waals surface area contributed by atoms with Crippen molar-refractivity contribution < 1.29 is 8.42 Å². The van der Waals surface area contributed by atoms with Gasteiger partial charge in [0.1, 0.15) is 0 Å². The molecule has 1 saturated heterocycles. The normalized spacial score (nSPS) is 25.1. The van der Waals surface area contributed by atoms with Crippen molar-refractivity contribution in [1.29, 1.82) is 0 Å². The lowest BCUT2D eigenvalue weighted by Gasteiger charge is -2.46. The number of sulfonamides is 1. The Morgan fingerprint density at radius 2 is 1.53 bits per heavy atom. The molecule has 102 valence electrons. The van der Waals surface area contributed by atoms with Crippen LogP contribution in [0.3, 0.4) is 0 Å². The Labute approximate surface area is 106 Å². The molecule has 0 unspecified atom stereocenters. The Morgan fingerprint density at radius 1 is 1.12 bits per heavy atom. The molecule has 0 aliphatic carbocycles. The second-order valence-corrected chi connectivity index (χ2v) is 8.98. The average Bonchev–Trinajstić information content (AvgIpc) is 1.94. The van der Waals surface area contributed by atoms with Gasteiger partial charge in [0.15, 0.2) is 0 Å². The van der Waals surface area contributed by atoms with Crippen molar-refractivity contribution in [2.24, 2.45) is 0 Å². The Hall–Kier alpha value is -0.130. The van der Waals surface area contributed by atoms with Crippen molar-refractivity contribution >= 4 is 10.0 Å². The van der Waals surface area contributed by atoms with E-state index in [4.69, 9.17) is 0 Å². The average molecular weight is 262 g/mol. The minimum absolute atomic E-state index is 0.0219. The third kappa shape index (κ3) is 4.23. The van der Waals surface area contributed by atoms with Crippen molar-refractivity contribution in [1.82, 2.24) is 10.0 Å². The van der Waals surface area contributed by atoms with E-state index in [1.165, 1.54) is 0 Å². The van der Waals surface area contributed by atoms with Crippen molar-refractivity contribution in [3.8, 4) is 0 Å². The Morgan fingerprint density at radius 3 is 1.88 bits per heavy atom. The number of hydrogen-bond acceptors (Lipinski definition) is 3. The van der Waals surface area contributed by atoms with E-state index >= 15 is 0 Å². The molecule has 4 nitrogen and oxygen atoms in total. The minimum atomic E-state index is -3.18. The van der Waals surface area contributed by atoms with Gasteiger partial charge in [0.05, 0.1) is 5.25 Å².